The SMILES string of the molecule is CC(C)(C)[C@@H](C(=O)N1CC(O)CC1C(=O)NC1CC(=O)N(c2ccc(Oc3ccccc3)cc2)C1)n1cc(C2CC2)nn1. The van der Waals surface area contributed by atoms with Crippen molar-refractivity contribution < 1.29 is 24.2 Å². The molecule has 11 nitrogen and oxygen atoms in total. The molecule has 2 aliphatic heterocycles. The molecule has 0 spiro atoms. The lowest BCUT2D eigenvalue weighted by atomic mass is 9.85. The van der Waals surface area contributed by atoms with Crippen LogP contribution in [-0.2, 0) is 14.4 Å². The molecule has 226 valence electrons. The number of carbonyl (C=O) groups is 3. The van der Waals surface area contributed by atoms with Crippen LogP contribution in [0.15, 0.2) is 60.8 Å². The Bertz CT molecular complexity index is 1480. The van der Waals surface area contributed by atoms with Gasteiger partial charge in [-0.1, -0.05) is 44.2 Å². The number of hydrogen-bond acceptors (Lipinski definition) is 7. The van der Waals surface area contributed by atoms with Crippen molar-refractivity contribution in [1.82, 2.24) is 25.2 Å². The van der Waals surface area contributed by atoms with Crippen molar-refractivity contribution in [3.05, 3.63) is 66.5 Å². The van der Waals surface area contributed by atoms with Crippen LogP contribution in [0.2, 0.25) is 0 Å². The lowest BCUT2D eigenvalue weighted by Crippen LogP contribution is -2.52. The fourth-order valence-corrected chi connectivity index (χ4v) is 6.00. The van der Waals surface area contributed by atoms with Gasteiger partial charge in [0.05, 0.1) is 17.8 Å². The van der Waals surface area contributed by atoms with Gasteiger partial charge in [-0.3, -0.25) is 14.4 Å². The minimum absolute atomic E-state index is 0.0564. The Kier molecular flexibility index (Phi) is 7.68. The van der Waals surface area contributed by atoms with E-state index in [9.17, 15) is 19.5 Å². The van der Waals surface area contributed by atoms with E-state index in [1.54, 1.807) is 21.7 Å². The molecule has 3 aliphatic rings. The van der Waals surface area contributed by atoms with Gasteiger partial charge in [0.15, 0.2) is 0 Å². The van der Waals surface area contributed by atoms with Gasteiger partial charge in [-0.25, -0.2) is 4.68 Å². The molecule has 11 heteroatoms. The number of para-hydroxylation sites is 1. The van der Waals surface area contributed by atoms with Crippen molar-refractivity contribution in [2.24, 2.45) is 5.41 Å². The number of anilines is 1. The number of benzene rings is 2. The second-order valence-corrected chi connectivity index (χ2v) is 12.9. The van der Waals surface area contributed by atoms with E-state index in [1.165, 1.54) is 4.90 Å². The van der Waals surface area contributed by atoms with Crippen LogP contribution in [-0.4, -0.2) is 74.0 Å². The smallest absolute Gasteiger partial charge is 0.248 e. The molecule has 2 N–H and O–H groups in total. The Morgan fingerprint density at radius 1 is 1.02 bits per heavy atom. The van der Waals surface area contributed by atoms with Gasteiger partial charge >= 0.3 is 0 Å². The van der Waals surface area contributed by atoms with Crippen LogP contribution < -0.4 is 15.0 Å². The number of amides is 3. The van der Waals surface area contributed by atoms with E-state index in [4.69, 9.17) is 4.74 Å². The summed E-state index contributed by atoms with van der Waals surface area (Å²) < 4.78 is 7.46. The molecule has 3 unspecified atom stereocenters. The van der Waals surface area contributed by atoms with E-state index >= 15 is 0 Å². The summed E-state index contributed by atoms with van der Waals surface area (Å²) in [5.41, 5.74) is 1.08. The van der Waals surface area contributed by atoms with Gasteiger partial charge in [-0.2, -0.15) is 0 Å². The van der Waals surface area contributed by atoms with Gasteiger partial charge in [-0.05, 0) is 54.7 Å². The van der Waals surface area contributed by atoms with Crippen molar-refractivity contribution in [2.45, 2.75) is 76.6 Å². The zero-order chi connectivity index (χ0) is 30.3. The average molecular weight is 587 g/mol. The van der Waals surface area contributed by atoms with E-state index in [0.717, 1.165) is 24.3 Å². The predicted molar refractivity (Wildman–Crippen MR) is 158 cm³/mol. The van der Waals surface area contributed by atoms with Gasteiger partial charge in [0.2, 0.25) is 17.7 Å². The van der Waals surface area contributed by atoms with Gasteiger partial charge in [0.25, 0.3) is 0 Å². The summed E-state index contributed by atoms with van der Waals surface area (Å²) in [6.07, 6.45) is 3.44. The molecule has 0 bridgehead atoms. The molecule has 43 heavy (non-hydrogen) atoms. The molecule has 3 fully saturated rings. The number of aliphatic hydroxyl groups excluding tert-OH is 1. The molecule has 1 aromatic heterocycles. The van der Waals surface area contributed by atoms with E-state index in [2.05, 4.69) is 15.6 Å². The number of nitrogens with one attached hydrogen (secondary N) is 1. The topological polar surface area (TPSA) is 130 Å². The number of hydrogen-bond donors (Lipinski definition) is 2. The molecule has 3 aromatic rings. The molecule has 3 heterocycles. The van der Waals surface area contributed by atoms with Crippen LogP contribution >= 0.6 is 0 Å². The highest BCUT2D eigenvalue weighted by Gasteiger charge is 2.46. The molecule has 4 atom stereocenters. The highest BCUT2D eigenvalue weighted by Crippen LogP contribution is 2.40. The van der Waals surface area contributed by atoms with Crippen LogP contribution in [0.25, 0.3) is 0 Å². The summed E-state index contributed by atoms with van der Waals surface area (Å²) >= 11 is 0. The zero-order valence-electron chi connectivity index (χ0n) is 24.7. The fourth-order valence-electron chi connectivity index (χ4n) is 6.00. The normalized spacial score (nSPS) is 23.0. The molecule has 3 amide bonds. The second-order valence-electron chi connectivity index (χ2n) is 12.9. The van der Waals surface area contributed by atoms with E-state index < -0.39 is 29.6 Å². The van der Waals surface area contributed by atoms with Crippen molar-refractivity contribution >= 4 is 23.4 Å². The largest absolute Gasteiger partial charge is 0.457 e. The first-order valence-electron chi connectivity index (χ1n) is 14.9. The van der Waals surface area contributed by atoms with Gasteiger partial charge in [0, 0.05) is 43.7 Å². The second kappa shape index (κ2) is 11.4. The molecular weight excluding hydrogens is 548 g/mol. The number of carbonyl (C=O) groups excluding carboxylic acids is 3. The minimum Gasteiger partial charge on any atom is -0.457 e. The first-order chi connectivity index (χ1) is 20.6. The highest BCUT2D eigenvalue weighted by atomic mass is 16.5. The van der Waals surface area contributed by atoms with Crippen molar-refractivity contribution in [3.63, 3.8) is 0 Å². The highest BCUT2D eigenvalue weighted by molar-refractivity contribution is 5.97. The van der Waals surface area contributed by atoms with Gasteiger partial charge in [-0.15, -0.1) is 5.10 Å². The summed E-state index contributed by atoms with van der Waals surface area (Å²) in [6, 6.07) is 14.7. The molecule has 2 saturated heterocycles. The minimum atomic E-state index is -0.850. The van der Waals surface area contributed by atoms with Crippen molar-refractivity contribution in [2.75, 3.05) is 18.0 Å². The molecule has 1 aliphatic carbocycles. The van der Waals surface area contributed by atoms with E-state index in [1.807, 2.05) is 69.4 Å². The van der Waals surface area contributed by atoms with E-state index in [0.29, 0.717) is 23.9 Å². The number of likely N-dealkylation sites (tertiary alicyclic amines) is 1. The Labute approximate surface area is 250 Å². The Morgan fingerprint density at radius 2 is 1.72 bits per heavy atom. The molecular formula is C32H38N6O5. The molecule has 1 saturated carbocycles. The van der Waals surface area contributed by atoms with Crippen LogP contribution in [0.1, 0.15) is 64.1 Å². The standard InChI is InChI=1S/C32H38N6O5/c1-32(2,3)29(38-19-26(34-35-38)20-9-10-20)31(42)37-18-23(39)16-27(37)30(41)33-21-15-28(40)36(17-21)22-11-13-25(14-12-22)43-24-7-5-4-6-8-24/h4-8,11-14,19-21,23,27,29,39H,9-10,15-18H2,1-3H3,(H,33,41)/t21?,23?,27?,29-/m1/s1. The summed E-state index contributed by atoms with van der Waals surface area (Å²) in [6.45, 7) is 6.22. The summed E-state index contributed by atoms with van der Waals surface area (Å²) in [4.78, 5) is 43.6. The van der Waals surface area contributed by atoms with Crippen LogP contribution in [0.5, 0.6) is 11.5 Å². The summed E-state index contributed by atoms with van der Waals surface area (Å²) in [7, 11) is 0. The predicted octanol–water partition coefficient (Wildman–Crippen LogP) is 3.42. The number of nitrogens with zero attached hydrogens (tertiary/aromatic N) is 5. The Morgan fingerprint density at radius 3 is 2.40 bits per heavy atom. The molecule has 0 radical (unpaired) electrons. The number of aliphatic hydroxyl groups is 1. The number of rotatable bonds is 8. The first-order valence-corrected chi connectivity index (χ1v) is 14.9. The lowest BCUT2D eigenvalue weighted by Gasteiger charge is -2.34. The van der Waals surface area contributed by atoms with Crippen molar-refractivity contribution in [3.8, 4) is 11.5 Å². The third-order valence-corrected chi connectivity index (χ3v) is 8.31. The van der Waals surface area contributed by atoms with Gasteiger partial charge in [0.1, 0.15) is 23.6 Å². The van der Waals surface area contributed by atoms with Crippen molar-refractivity contribution in [1.29, 1.82) is 0 Å². The van der Waals surface area contributed by atoms with Gasteiger partial charge < -0.3 is 25.0 Å². The third kappa shape index (κ3) is 6.27. The maximum atomic E-state index is 14.0. The van der Waals surface area contributed by atoms with Crippen LogP contribution in [0.4, 0.5) is 5.69 Å². The zero-order valence-corrected chi connectivity index (χ0v) is 24.7. The number of aromatic nitrogens is 3. The Hall–Kier alpha value is -4.25. The Balaban J connectivity index is 1.11. The maximum absolute atomic E-state index is 14.0. The quantitative estimate of drug-likeness (QED) is 0.414. The van der Waals surface area contributed by atoms with Crippen LogP contribution in [0.3, 0.4) is 0 Å². The summed E-state index contributed by atoms with van der Waals surface area (Å²) in [5.74, 6) is 1.01. The van der Waals surface area contributed by atoms with Crippen LogP contribution in [0, 0.1) is 5.41 Å². The third-order valence-electron chi connectivity index (χ3n) is 8.31. The number of ether oxygens (including phenoxy) is 1. The van der Waals surface area contributed by atoms with E-state index in [-0.39, 0.29) is 37.1 Å². The summed E-state index contributed by atoms with van der Waals surface area (Å²) in [5, 5.41) is 22.1. The first kappa shape index (κ1) is 28.9. The maximum Gasteiger partial charge on any atom is 0.248 e. The average Bonchev–Trinajstić information content (AvgIpc) is 3.39. The number of β-amino-alcohol motifs (C(OH)–C–C–N with tert-alkyl or cyclic N) is 1. The lowest BCUT2D eigenvalue weighted by molar-refractivity contribution is -0.144. The molecule has 6 rings (SSSR count). The fraction of sp³-hybridized carbons (Fsp3) is 0.469. The molecule has 2 aromatic carbocycles. The monoisotopic (exact) mass is 586 g/mol.